The van der Waals surface area contributed by atoms with Crippen molar-refractivity contribution in [3.63, 3.8) is 0 Å². The molecule has 2 aromatic rings. The van der Waals surface area contributed by atoms with Gasteiger partial charge < -0.3 is 9.73 Å². The normalized spacial score (nSPS) is 10.5. The number of nitrogens with zero attached hydrogens (tertiary/aromatic N) is 2. The molecule has 1 amide bonds. The summed E-state index contributed by atoms with van der Waals surface area (Å²) in [7, 11) is 1.86. The largest absolute Gasteiger partial charge is 0.444 e. The molecule has 90 valence electrons. The molecule has 0 saturated carbocycles. The third-order valence-corrected chi connectivity index (χ3v) is 2.66. The third-order valence-electron chi connectivity index (χ3n) is 2.23. The first-order valence-corrected chi connectivity index (χ1v) is 5.96. The van der Waals surface area contributed by atoms with Crippen LogP contribution in [0.4, 0.5) is 0 Å². The Kier molecular flexibility index (Phi) is 3.63. The Bertz CT molecular complexity index is 518. The molecule has 0 atom stereocenters. The van der Waals surface area contributed by atoms with Gasteiger partial charge in [-0.05, 0) is 34.1 Å². The number of hydrogen-bond donors (Lipinski definition) is 1. The van der Waals surface area contributed by atoms with Crippen molar-refractivity contribution in [2.75, 3.05) is 6.54 Å². The second-order valence-corrected chi connectivity index (χ2v) is 4.37. The van der Waals surface area contributed by atoms with E-state index < -0.39 is 0 Å². The average Bonchev–Trinajstić information content (AvgIpc) is 2.88. The van der Waals surface area contributed by atoms with Gasteiger partial charge in [0.1, 0.15) is 0 Å². The number of halogens is 1. The van der Waals surface area contributed by atoms with Crippen LogP contribution < -0.4 is 5.32 Å². The molecular formula is C11H12BrN3O2. The van der Waals surface area contributed by atoms with Crippen LogP contribution >= 0.6 is 15.9 Å². The number of furan rings is 1. The molecule has 0 aliphatic carbocycles. The van der Waals surface area contributed by atoms with Crippen LogP contribution in [0.1, 0.15) is 16.2 Å². The van der Waals surface area contributed by atoms with E-state index in [0.29, 0.717) is 23.4 Å². The van der Waals surface area contributed by atoms with Crippen molar-refractivity contribution in [3.8, 4) is 0 Å². The Hall–Kier alpha value is -1.56. The number of aromatic nitrogens is 2. The number of rotatable bonds is 4. The van der Waals surface area contributed by atoms with Crippen molar-refractivity contribution in [1.29, 1.82) is 0 Å². The van der Waals surface area contributed by atoms with Crippen molar-refractivity contribution in [2.45, 2.75) is 6.42 Å². The van der Waals surface area contributed by atoms with Gasteiger partial charge in [-0.1, -0.05) is 0 Å². The van der Waals surface area contributed by atoms with Crippen molar-refractivity contribution >= 4 is 21.8 Å². The Morgan fingerprint density at radius 1 is 1.53 bits per heavy atom. The standard InChI is InChI=1S/C11H12BrN3O2/c1-15-7-5-8(14-15)4-6-13-11(16)9-2-3-10(12)17-9/h2-3,5,7H,4,6H2,1H3,(H,13,16). The summed E-state index contributed by atoms with van der Waals surface area (Å²) >= 11 is 3.15. The summed E-state index contributed by atoms with van der Waals surface area (Å²) < 4.78 is 7.42. The van der Waals surface area contributed by atoms with Gasteiger partial charge in [-0.25, -0.2) is 0 Å². The second-order valence-electron chi connectivity index (χ2n) is 3.59. The van der Waals surface area contributed by atoms with E-state index in [-0.39, 0.29) is 5.91 Å². The Morgan fingerprint density at radius 3 is 2.94 bits per heavy atom. The monoisotopic (exact) mass is 297 g/mol. The summed E-state index contributed by atoms with van der Waals surface area (Å²) in [5.74, 6) is 0.0875. The minimum Gasteiger partial charge on any atom is -0.444 e. The molecule has 1 N–H and O–H groups in total. The minimum atomic E-state index is -0.216. The zero-order valence-electron chi connectivity index (χ0n) is 9.31. The fourth-order valence-electron chi connectivity index (χ4n) is 1.42. The molecule has 0 aromatic carbocycles. The molecule has 6 heteroatoms. The van der Waals surface area contributed by atoms with Crippen LogP contribution in [0.15, 0.2) is 33.5 Å². The molecule has 2 aromatic heterocycles. The highest BCUT2D eigenvalue weighted by Gasteiger charge is 2.09. The summed E-state index contributed by atoms with van der Waals surface area (Å²) in [6.07, 6.45) is 2.58. The van der Waals surface area contributed by atoms with Crippen LogP contribution in [-0.4, -0.2) is 22.2 Å². The van der Waals surface area contributed by atoms with Gasteiger partial charge in [0.15, 0.2) is 10.4 Å². The first-order chi connectivity index (χ1) is 8.15. The third kappa shape index (κ3) is 3.20. The molecule has 0 aliphatic rings. The van der Waals surface area contributed by atoms with Gasteiger partial charge in [-0.2, -0.15) is 5.10 Å². The van der Waals surface area contributed by atoms with Crippen molar-refractivity contribution in [3.05, 3.63) is 40.5 Å². The zero-order valence-corrected chi connectivity index (χ0v) is 10.9. The van der Waals surface area contributed by atoms with Crippen LogP contribution in [0, 0.1) is 0 Å². The molecular weight excluding hydrogens is 286 g/mol. The zero-order chi connectivity index (χ0) is 12.3. The van der Waals surface area contributed by atoms with E-state index in [0.717, 1.165) is 5.69 Å². The van der Waals surface area contributed by atoms with E-state index in [1.165, 1.54) is 0 Å². The van der Waals surface area contributed by atoms with Gasteiger partial charge >= 0.3 is 0 Å². The number of nitrogens with one attached hydrogen (secondary N) is 1. The van der Waals surface area contributed by atoms with E-state index >= 15 is 0 Å². The highest BCUT2D eigenvalue weighted by atomic mass is 79.9. The van der Waals surface area contributed by atoms with E-state index in [1.807, 2.05) is 19.3 Å². The number of carbonyl (C=O) groups is 1. The highest BCUT2D eigenvalue weighted by Crippen LogP contribution is 2.13. The lowest BCUT2D eigenvalue weighted by atomic mass is 10.3. The van der Waals surface area contributed by atoms with Gasteiger partial charge in [-0.3, -0.25) is 9.48 Å². The molecule has 5 nitrogen and oxygen atoms in total. The number of amides is 1. The number of aryl methyl sites for hydroxylation is 1. The molecule has 0 radical (unpaired) electrons. The van der Waals surface area contributed by atoms with Crippen molar-refractivity contribution in [1.82, 2.24) is 15.1 Å². The van der Waals surface area contributed by atoms with Gasteiger partial charge in [0.2, 0.25) is 0 Å². The SMILES string of the molecule is Cn1ccc(CCNC(=O)c2ccc(Br)o2)n1. The van der Waals surface area contributed by atoms with Gasteiger partial charge in [-0.15, -0.1) is 0 Å². The van der Waals surface area contributed by atoms with Crippen LogP contribution in [-0.2, 0) is 13.5 Å². The fourth-order valence-corrected chi connectivity index (χ4v) is 1.73. The molecule has 2 heterocycles. The van der Waals surface area contributed by atoms with Gasteiger partial charge in [0, 0.05) is 26.2 Å². The molecule has 17 heavy (non-hydrogen) atoms. The van der Waals surface area contributed by atoms with E-state index in [9.17, 15) is 4.79 Å². The maximum Gasteiger partial charge on any atom is 0.287 e. The Morgan fingerprint density at radius 2 is 2.35 bits per heavy atom. The topological polar surface area (TPSA) is 60.1 Å². The maximum atomic E-state index is 11.6. The lowest BCUT2D eigenvalue weighted by molar-refractivity contribution is 0.0925. The van der Waals surface area contributed by atoms with Crippen LogP contribution in [0.2, 0.25) is 0 Å². The first-order valence-electron chi connectivity index (χ1n) is 5.17. The van der Waals surface area contributed by atoms with E-state index in [1.54, 1.807) is 16.8 Å². The molecule has 0 unspecified atom stereocenters. The summed E-state index contributed by atoms with van der Waals surface area (Å²) in [4.78, 5) is 11.6. The van der Waals surface area contributed by atoms with E-state index in [2.05, 4.69) is 26.3 Å². The van der Waals surface area contributed by atoms with Crippen LogP contribution in [0.25, 0.3) is 0 Å². The molecule has 0 spiro atoms. The Balaban J connectivity index is 1.81. The van der Waals surface area contributed by atoms with Crippen molar-refractivity contribution in [2.24, 2.45) is 7.05 Å². The number of hydrogen-bond acceptors (Lipinski definition) is 3. The van der Waals surface area contributed by atoms with Crippen LogP contribution in [0.5, 0.6) is 0 Å². The second kappa shape index (κ2) is 5.18. The molecule has 0 fully saturated rings. The summed E-state index contributed by atoms with van der Waals surface area (Å²) in [6, 6.07) is 5.24. The molecule has 0 saturated heterocycles. The fraction of sp³-hybridized carbons (Fsp3) is 0.273. The molecule has 0 bridgehead atoms. The molecule has 0 aliphatic heterocycles. The summed E-state index contributed by atoms with van der Waals surface area (Å²) in [6.45, 7) is 0.536. The molecule has 2 rings (SSSR count). The highest BCUT2D eigenvalue weighted by molar-refractivity contribution is 9.10. The van der Waals surface area contributed by atoms with Crippen LogP contribution in [0.3, 0.4) is 0 Å². The lowest BCUT2D eigenvalue weighted by Gasteiger charge is -2.00. The van der Waals surface area contributed by atoms with Gasteiger partial charge in [0.25, 0.3) is 5.91 Å². The quantitative estimate of drug-likeness (QED) is 0.935. The summed E-state index contributed by atoms with van der Waals surface area (Å²) in [5.41, 5.74) is 0.952. The predicted molar refractivity (Wildman–Crippen MR) is 65.7 cm³/mol. The average molecular weight is 298 g/mol. The minimum absolute atomic E-state index is 0.216. The predicted octanol–water partition coefficient (Wildman–Crippen LogP) is 1.75. The lowest BCUT2D eigenvalue weighted by Crippen LogP contribution is -2.25. The van der Waals surface area contributed by atoms with E-state index in [4.69, 9.17) is 4.42 Å². The Labute approximate surface area is 107 Å². The maximum absolute atomic E-state index is 11.6. The van der Waals surface area contributed by atoms with Crippen molar-refractivity contribution < 1.29 is 9.21 Å². The smallest absolute Gasteiger partial charge is 0.287 e. The first kappa shape index (κ1) is 11.9. The number of carbonyl (C=O) groups excluding carboxylic acids is 1. The van der Waals surface area contributed by atoms with Gasteiger partial charge in [0.05, 0.1) is 5.69 Å². The summed E-state index contributed by atoms with van der Waals surface area (Å²) in [5, 5.41) is 6.99.